The van der Waals surface area contributed by atoms with Crippen molar-refractivity contribution in [2.75, 3.05) is 5.75 Å². The molecule has 18 heavy (non-hydrogen) atoms. The van der Waals surface area contributed by atoms with Crippen LogP contribution in [0.25, 0.3) is 0 Å². The third-order valence-electron chi connectivity index (χ3n) is 2.53. The van der Waals surface area contributed by atoms with Gasteiger partial charge in [-0.15, -0.1) is 11.8 Å². The molecule has 0 spiro atoms. The second kappa shape index (κ2) is 7.44. The second-order valence-electron chi connectivity index (χ2n) is 4.66. The lowest BCUT2D eigenvalue weighted by atomic mass is 10.2. The quantitative estimate of drug-likeness (QED) is 0.746. The van der Waals surface area contributed by atoms with E-state index in [1.165, 1.54) is 10.5 Å². The van der Waals surface area contributed by atoms with Gasteiger partial charge in [-0.1, -0.05) is 31.5 Å². The van der Waals surface area contributed by atoms with Gasteiger partial charge in [-0.3, -0.25) is 4.79 Å². The van der Waals surface area contributed by atoms with Crippen LogP contribution >= 0.6 is 11.8 Å². The Kier molecular flexibility index (Phi) is 6.22. The van der Waals surface area contributed by atoms with E-state index in [-0.39, 0.29) is 6.04 Å². The van der Waals surface area contributed by atoms with Gasteiger partial charge in [-0.25, -0.2) is 0 Å². The lowest BCUT2D eigenvalue weighted by molar-refractivity contribution is -0.139. The van der Waals surface area contributed by atoms with Gasteiger partial charge in [0.25, 0.3) is 0 Å². The molecular weight excluding hydrogens is 246 g/mol. The van der Waals surface area contributed by atoms with Crippen LogP contribution in [0.4, 0.5) is 0 Å². The van der Waals surface area contributed by atoms with Crippen molar-refractivity contribution in [3.8, 4) is 0 Å². The molecule has 1 aromatic carbocycles. The fourth-order valence-electron chi connectivity index (χ4n) is 1.61. The van der Waals surface area contributed by atoms with Gasteiger partial charge in [-0.2, -0.15) is 0 Å². The largest absolute Gasteiger partial charge is 0.480 e. The first-order valence-corrected chi connectivity index (χ1v) is 7.16. The predicted octanol–water partition coefficient (Wildman–Crippen LogP) is 2.93. The standard InChI is InChI=1S/C14H21NO2S/c1-10(2)15-13(14(16)17)8-9-18-12-6-4-11(3)5-7-12/h4-7,10,13,15H,8-9H2,1-3H3,(H,16,17). The van der Waals surface area contributed by atoms with E-state index in [9.17, 15) is 4.79 Å². The van der Waals surface area contributed by atoms with Crippen molar-refractivity contribution in [3.05, 3.63) is 29.8 Å². The number of benzene rings is 1. The van der Waals surface area contributed by atoms with E-state index in [1.807, 2.05) is 13.8 Å². The van der Waals surface area contributed by atoms with Crippen molar-refractivity contribution in [1.29, 1.82) is 0 Å². The van der Waals surface area contributed by atoms with Crippen molar-refractivity contribution in [2.24, 2.45) is 0 Å². The van der Waals surface area contributed by atoms with E-state index in [2.05, 4.69) is 36.5 Å². The summed E-state index contributed by atoms with van der Waals surface area (Å²) >= 11 is 1.70. The molecule has 1 aromatic rings. The maximum atomic E-state index is 11.1. The van der Waals surface area contributed by atoms with Crippen molar-refractivity contribution in [3.63, 3.8) is 0 Å². The molecule has 100 valence electrons. The van der Waals surface area contributed by atoms with Crippen LogP contribution in [0.1, 0.15) is 25.8 Å². The fourth-order valence-corrected chi connectivity index (χ4v) is 2.53. The molecule has 1 atom stereocenters. The van der Waals surface area contributed by atoms with E-state index in [0.29, 0.717) is 6.42 Å². The maximum Gasteiger partial charge on any atom is 0.320 e. The monoisotopic (exact) mass is 267 g/mol. The third-order valence-corrected chi connectivity index (χ3v) is 3.57. The number of aryl methyl sites for hydroxylation is 1. The number of rotatable bonds is 7. The second-order valence-corrected chi connectivity index (χ2v) is 5.83. The molecule has 2 N–H and O–H groups in total. The molecule has 0 aliphatic carbocycles. The lowest BCUT2D eigenvalue weighted by Crippen LogP contribution is -2.41. The number of hydrogen-bond donors (Lipinski definition) is 2. The molecule has 1 rings (SSSR count). The molecule has 0 fully saturated rings. The first kappa shape index (κ1) is 15.1. The van der Waals surface area contributed by atoms with Gasteiger partial charge in [0.2, 0.25) is 0 Å². The molecule has 0 bridgehead atoms. The molecule has 0 aliphatic heterocycles. The Hall–Kier alpha value is -1.00. The van der Waals surface area contributed by atoms with Crippen LogP contribution in [0.5, 0.6) is 0 Å². The van der Waals surface area contributed by atoms with E-state index in [1.54, 1.807) is 11.8 Å². The highest BCUT2D eigenvalue weighted by molar-refractivity contribution is 7.99. The van der Waals surface area contributed by atoms with Crippen LogP contribution in [0.2, 0.25) is 0 Å². The first-order chi connectivity index (χ1) is 8.49. The van der Waals surface area contributed by atoms with Crippen molar-refractivity contribution < 1.29 is 9.90 Å². The highest BCUT2D eigenvalue weighted by Gasteiger charge is 2.17. The Balaban J connectivity index is 2.38. The SMILES string of the molecule is Cc1ccc(SCCC(NC(C)C)C(=O)O)cc1. The zero-order chi connectivity index (χ0) is 13.5. The number of carboxylic acids is 1. The topological polar surface area (TPSA) is 49.3 Å². The predicted molar refractivity (Wildman–Crippen MR) is 76.2 cm³/mol. The number of aliphatic carboxylic acids is 1. The summed E-state index contributed by atoms with van der Waals surface area (Å²) in [5, 5.41) is 12.1. The molecule has 1 unspecified atom stereocenters. The minimum absolute atomic E-state index is 0.190. The highest BCUT2D eigenvalue weighted by atomic mass is 32.2. The highest BCUT2D eigenvalue weighted by Crippen LogP contribution is 2.19. The summed E-state index contributed by atoms with van der Waals surface area (Å²) in [6.07, 6.45) is 0.631. The van der Waals surface area contributed by atoms with Gasteiger partial charge in [0.05, 0.1) is 0 Å². The Labute approximate surface area is 113 Å². The molecule has 0 amide bonds. The Bertz CT molecular complexity index is 376. The van der Waals surface area contributed by atoms with Crippen LogP contribution in [0, 0.1) is 6.92 Å². The van der Waals surface area contributed by atoms with Crippen molar-refractivity contribution in [2.45, 2.75) is 44.2 Å². The first-order valence-electron chi connectivity index (χ1n) is 6.17. The summed E-state index contributed by atoms with van der Waals surface area (Å²) in [5.74, 6) is 0.0351. The summed E-state index contributed by atoms with van der Waals surface area (Å²) in [6, 6.07) is 8.03. The van der Waals surface area contributed by atoms with E-state index in [4.69, 9.17) is 5.11 Å². The molecular formula is C14H21NO2S. The summed E-state index contributed by atoms with van der Waals surface area (Å²) in [5.41, 5.74) is 1.24. The number of carbonyl (C=O) groups is 1. The van der Waals surface area contributed by atoms with Crippen LogP contribution in [0.3, 0.4) is 0 Å². The van der Waals surface area contributed by atoms with Crippen LogP contribution < -0.4 is 5.32 Å². The summed E-state index contributed by atoms with van der Waals surface area (Å²) in [4.78, 5) is 12.2. The average Bonchev–Trinajstić information content (AvgIpc) is 2.29. The van der Waals surface area contributed by atoms with Gasteiger partial charge >= 0.3 is 5.97 Å². The Morgan fingerprint density at radius 2 is 1.94 bits per heavy atom. The van der Waals surface area contributed by atoms with Gasteiger partial charge in [-0.05, 0) is 25.5 Å². The lowest BCUT2D eigenvalue weighted by Gasteiger charge is -2.16. The number of thioether (sulfide) groups is 1. The summed E-state index contributed by atoms with van der Waals surface area (Å²) in [7, 11) is 0. The van der Waals surface area contributed by atoms with Gasteiger partial charge in [0.1, 0.15) is 6.04 Å². The van der Waals surface area contributed by atoms with Gasteiger partial charge < -0.3 is 10.4 Å². The summed E-state index contributed by atoms with van der Waals surface area (Å²) in [6.45, 7) is 5.98. The third kappa shape index (κ3) is 5.56. The maximum absolute atomic E-state index is 11.1. The summed E-state index contributed by atoms with van der Waals surface area (Å²) < 4.78 is 0. The molecule has 0 saturated heterocycles. The van der Waals surface area contributed by atoms with Gasteiger partial charge in [0.15, 0.2) is 0 Å². The molecule has 0 radical (unpaired) electrons. The van der Waals surface area contributed by atoms with Gasteiger partial charge in [0, 0.05) is 16.7 Å². The van der Waals surface area contributed by atoms with E-state index in [0.717, 1.165) is 5.75 Å². The number of hydrogen-bond acceptors (Lipinski definition) is 3. The Morgan fingerprint density at radius 1 is 1.33 bits per heavy atom. The molecule has 3 nitrogen and oxygen atoms in total. The van der Waals surface area contributed by atoms with Crippen LogP contribution in [-0.4, -0.2) is 28.9 Å². The normalized spacial score (nSPS) is 12.7. The minimum atomic E-state index is -0.770. The molecule has 4 heteroatoms. The van der Waals surface area contributed by atoms with Crippen LogP contribution in [0.15, 0.2) is 29.2 Å². The van der Waals surface area contributed by atoms with Crippen molar-refractivity contribution >= 4 is 17.7 Å². The molecule has 0 aliphatic rings. The zero-order valence-electron chi connectivity index (χ0n) is 11.1. The molecule has 0 heterocycles. The smallest absolute Gasteiger partial charge is 0.320 e. The minimum Gasteiger partial charge on any atom is -0.480 e. The van der Waals surface area contributed by atoms with E-state index >= 15 is 0 Å². The zero-order valence-corrected chi connectivity index (χ0v) is 12.0. The molecule has 0 aromatic heterocycles. The van der Waals surface area contributed by atoms with Crippen LogP contribution in [-0.2, 0) is 4.79 Å². The number of nitrogens with one attached hydrogen (secondary N) is 1. The Morgan fingerprint density at radius 3 is 2.44 bits per heavy atom. The van der Waals surface area contributed by atoms with Crippen molar-refractivity contribution in [1.82, 2.24) is 5.32 Å². The molecule has 0 saturated carbocycles. The average molecular weight is 267 g/mol. The fraction of sp³-hybridized carbons (Fsp3) is 0.500. The van der Waals surface area contributed by atoms with E-state index < -0.39 is 12.0 Å². The number of carboxylic acid groups (broad SMARTS) is 1.